The molecule has 2 N–H and O–H groups in total. The van der Waals surface area contributed by atoms with Gasteiger partial charge in [-0.1, -0.05) is 41.4 Å². The van der Waals surface area contributed by atoms with Gasteiger partial charge >= 0.3 is 12.1 Å². The van der Waals surface area contributed by atoms with Crippen molar-refractivity contribution in [2.45, 2.75) is 29.3 Å². The second-order valence-electron chi connectivity index (χ2n) is 6.90. The minimum absolute atomic E-state index is 0.0223. The molecule has 1 fully saturated rings. The number of carbonyl (C=O) groups is 2. The van der Waals surface area contributed by atoms with E-state index < -0.39 is 45.6 Å². The Bertz CT molecular complexity index is 994. The van der Waals surface area contributed by atoms with Crippen LogP contribution in [0.25, 0.3) is 0 Å². The van der Waals surface area contributed by atoms with Gasteiger partial charge in [-0.3, -0.25) is 9.59 Å². The molecule has 2 aromatic carbocycles. The highest BCUT2D eigenvalue weighted by molar-refractivity contribution is 6.53. The molecule has 2 atom stereocenters. The highest BCUT2D eigenvalue weighted by Gasteiger charge is 2.69. The molecule has 0 spiro atoms. The summed E-state index contributed by atoms with van der Waals surface area (Å²) in [5, 5.41) is 0. The van der Waals surface area contributed by atoms with E-state index in [0.717, 1.165) is 6.07 Å². The van der Waals surface area contributed by atoms with Crippen LogP contribution in [0.5, 0.6) is 5.75 Å². The molecule has 2 unspecified atom stereocenters. The second kappa shape index (κ2) is 8.07. The molecule has 30 heavy (non-hydrogen) atoms. The Morgan fingerprint density at radius 3 is 2.47 bits per heavy atom. The number of hydrogen-bond acceptors (Lipinski definition) is 3. The van der Waals surface area contributed by atoms with Gasteiger partial charge in [0.25, 0.3) is 0 Å². The molecular formula is C20H15Cl2F4NO3. The molecule has 0 saturated heterocycles. The van der Waals surface area contributed by atoms with E-state index in [2.05, 4.69) is 0 Å². The van der Waals surface area contributed by atoms with Crippen molar-refractivity contribution >= 4 is 35.1 Å². The van der Waals surface area contributed by atoms with Crippen molar-refractivity contribution in [3.8, 4) is 5.75 Å². The molecule has 1 aliphatic carbocycles. The minimum Gasteiger partial charge on any atom is -0.426 e. The first-order valence-electron chi connectivity index (χ1n) is 8.74. The van der Waals surface area contributed by atoms with Crippen molar-refractivity contribution in [1.82, 2.24) is 0 Å². The smallest absolute Gasteiger partial charge is 0.419 e. The van der Waals surface area contributed by atoms with Crippen LogP contribution in [-0.2, 0) is 22.2 Å². The van der Waals surface area contributed by atoms with Crippen molar-refractivity contribution < 1.29 is 31.9 Å². The van der Waals surface area contributed by atoms with Crippen LogP contribution in [-0.4, -0.2) is 16.2 Å². The summed E-state index contributed by atoms with van der Waals surface area (Å²) in [7, 11) is 0. The van der Waals surface area contributed by atoms with Crippen LogP contribution in [0.4, 0.5) is 17.6 Å². The molecule has 0 aliphatic heterocycles. The number of ether oxygens (including phenoxy) is 1. The van der Waals surface area contributed by atoms with E-state index in [-0.39, 0.29) is 17.7 Å². The SMILES string of the molecule is NC(=O)CCc1cccc(OC(=O)C2C(c3ccc(F)c(C(F)(F)F)c3)C2(Cl)Cl)c1. The Hall–Kier alpha value is -2.32. The Morgan fingerprint density at radius 2 is 1.83 bits per heavy atom. The lowest BCUT2D eigenvalue weighted by molar-refractivity contribution is -0.140. The van der Waals surface area contributed by atoms with Gasteiger partial charge in [-0.05, 0) is 41.8 Å². The van der Waals surface area contributed by atoms with E-state index >= 15 is 0 Å². The van der Waals surface area contributed by atoms with Gasteiger partial charge in [-0.15, -0.1) is 0 Å². The van der Waals surface area contributed by atoms with E-state index in [9.17, 15) is 27.2 Å². The molecule has 3 rings (SSSR count). The monoisotopic (exact) mass is 463 g/mol. The lowest BCUT2D eigenvalue weighted by Gasteiger charge is -2.10. The molecule has 1 aliphatic rings. The van der Waals surface area contributed by atoms with Gasteiger partial charge < -0.3 is 10.5 Å². The van der Waals surface area contributed by atoms with Crippen LogP contribution in [0.3, 0.4) is 0 Å². The number of esters is 1. The third kappa shape index (κ3) is 4.70. The predicted octanol–water partition coefficient (Wildman–Crippen LogP) is 4.76. The Balaban J connectivity index is 1.77. The zero-order valence-corrected chi connectivity index (χ0v) is 16.7. The van der Waals surface area contributed by atoms with E-state index in [0.29, 0.717) is 24.1 Å². The fraction of sp³-hybridized carbons (Fsp3) is 0.300. The highest BCUT2D eigenvalue weighted by atomic mass is 35.5. The first-order chi connectivity index (χ1) is 13.9. The summed E-state index contributed by atoms with van der Waals surface area (Å²) in [6.07, 6.45) is -4.45. The molecule has 160 valence electrons. The second-order valence-corrected chi connectivity index (χ2v) is 8.35. The molecule has 0 radical (unpaired) electrons. The van der Waals surface area contributed by atoms with Crippen molar-refractivity contribution in [2.24, 2.45) is 11.7 Å². The van der Waals surface area contributed by atoms with Crippen LogP contribution >= 0.6 is 23.2 Å². The summed E-state index contributed by atoms with van der Waals surface area (Å²) in [5.74, 6) is -4.73. The van der Waals surface area contributed by atoms with Crippen molar-refractivity contribution in [3.63, 3.8) is 0 Å². The maximum absolute atomic E-state index is 13.5. The Kier molecular flexibility index (Phi) is 6.02. The molecule has 0 bridgehead atoms. The molecular weight excluding hydrogens is 449 g/mol. The summed E-state index contributed by atoms with van der Waals surface area (Å²) >= 11 is 12.3. The number of primary amides is 1. The molecule has 0 aromatic heterocycles. The number of nitrogens with two attached hydrogens (primary N) is 1. The highest BCUT2D eigenvalue weighted by Crippen LogP contribution is 2.65. The summed E-state index contributed by atoms with van der Waals surface area (Å²) in [5.41, 5.74) is 4.31. The fourth-order valence-electron chi connectivity index (χ4n) is 3.20. The number of benzene rings is 2. The van der Waals surface area contributed by atoms with Gasteiger partial charge in [0.2, 0.25) is 5.91 Å². The molecule has 0 heterocycles. The average Bonchev–Trinajstić information content (AvgIpc) is 3.22. The fourth-order valence-corrected chi connectivity index (χ4v) is 4.01. The van der Waals surface area contributed by atoms with E-state index in [1.54, 1.807) is 12.1 Å². The lowest BCUT2D eigenvalue weighted by Crippen LogP contribution is -2.14. The largest absolute Gasteiger partial charge is 0.426 e. The number of amides is 1. The maximum Gasteiger partial charge on any atom is 0.419 e. The summed E-state index contributed by atoms with van der Waals surface area (Å²) < 4.78 is 56.0. The molecule has 4 nitrogen and oxygen atoms in total. The molecule has 1 saturated carbocycles. The first-order valence-corrected chi connectivity index (χ1v) is 9.50. The summed E-state index contributed by atoms with van der Waals surface area (Å²) in [6, 6.07) is 8.70. The first kappa shape index (κ1) is 22.4. The zero-order valence-electron chi connectivity index (χ0n) is 15.2. The van der Waals surface area contributed by atoms with E-state index in [1.165, 1.54) is 12.1 Å². The third-order valence-corrected chi connectivity index (χ3v) is 5.68. The summed E-state index contributed by atoms with van der Waals surface area (Å²) in [4.78, 5) is 23.4. The molecule has 2 aromatic rings. The number of carbonyl (C=O) groups excluding carboxylic acids is 2. The average molecular weight is 464 g/mol. The van der Waals surface area contributed by atoms with Crippen molar-refractivity contribution in [3.05, 3.63) is 65.0 Å². The number of hydrogen-bond donors (Lipinski definition) is 1. The number of aryl methyl sites for hydroxylation is 1. The van der Waals surface area contributed by atoms with Gasteiger partial charge in [0.15, 0.2) is 0 Å². The quantitative estimate of drug-likeness (QED) is 0.290. The van der Waals surface area contributed by atoms with Crippen LogP contribution in [0, 0.1) is 11.7 Å². The number of alkyl halides is 5. The molecule has 10 heteroatoms. The maximum atomic E-state index is 13.5. The van der Waals surface area contributed by atoms with Crippen LogP contribution < -0.4 is 10.5 Å². The van der Waals surface area contributed by atoms with Gasteiger partial charge in [-0.25, -0.2) is 4.39 Å². The van der Waals surface area contributed by atoms with Crippen LogP contribution in [0.15, 0.2) is 42.5 Å². The van der Waals surface area contributed by atoms with Crippen LogP contribution in [0.2, 0.25) is 0 Å². The van der Waals surface area contributed by atoms with Gasteiger partial charge in [0, 0.05) is 12.3 Å². The lowest BCUT2D eigenvalue weighted by atomic mass is 10.0. The number of rotatable bonds is 6. The van der Waals surface area contributed by atoms with Crippen molar-refractivity contribution in [2.75, 3.05) is 0 Å². The van der Waals surface area contributed by atoms with Gasteiger partial charge in [0.1, 0.15) is 21.8 Å². The van der Waals surface area contributed by atoms with Crippen LogP contribution in [0.1, 0.15) is 29.0 Å². The number of halogens is 6. The third-order valence-electron chi connectivity index (χ3n) is 4.74. The minimum atomic E-state index is -4.91. The molecule has 1 amide bonds. The standard InChI is InChI=1S/C20H15Cl2F4NO3/c21-19(22)16(11-5-6-14(23)13(9-11)20(24,25)26)17(19)18(29)30-12-3-1-2-10(8-12)4-7-15(27)28/h1-3,5-6,8-9,16-17H,4,7H2,(H2,27,28). The van der Waals surface area contributed by atoms with Gasteiger partial charge in [-0.2, -0.15) is 13.2 Å². The topological polar surface area (TPSA) is 69.4 Å². The predicted molar refractivity (Wildman–Crippen MR) is 102 cm³/mol. The Labute approximate surface area is 178 Å². The normalized spacial score (nSPS) is 19.9. The zero-order chi connectivity index (χ0) is 22.3. The Morgan fingerprint density at radius 1 is 1.13 bits per heavy atom. The van der Waals surface area contributed by atoms with Gasteiger partial charge in [0.05, 0.1) is 5.56 Å². The van der Waals surface area contributed by atoms with E-state index in [1.807, 2.05) is 0 Å². The summed E-state index contributed by atoms with van der Waals surface area (Å²) in [6.45, 7) is 0. The van der Waals surface area contributed by atoms with Crippen molar-refractivity contribution in [1.29, 1.82) is 0 Å². The van der Waals surface area contributed by atoms with E-state index in [4.69, 9.17) is 33.7 Å².